The first-order valence-corrected chi connectivity index (χ1v) is 8.67. The number of hydrogen-bond acceptors (Lipinski definition) is 2. The van der Waals surface area contributed by atoms with E-state index in [0.717, 1.165) is 5.56 Å². The molecule has 1 aromatic rings. The minimum Gasteiger partial charge on any atom is -0.338 e. The van der Waals surface area contributed by atoms with E-state index in [-0.39, 0.29) is 18.0 Å². The third-order valence-corrected chi connectivity index (χ3v) is 4.37. The average molecular weight is 378 g/mol. The Morgan fingerprint density at radius 1 is 1.44 bits per heavy atom. The Morgan fingerprint density at radius 2 is 2.20 bits per heavy atom. The van der Waals surface area contributed by atoms with Gasteiger partial charge >= 0.3 is 12.2 Å². The summed E-state index contributed by atoms with van der Waals surface area (Å²) in [7, 11) is 0. The molecule has 1 aliphatic rings. The van der Waals surface area contributed by atoms with E-state index in [1.165, 1.54) is 4.90 Å². The van der Waals surface area contributed by atoms with Crippen LogP contribution in [0.4, 0.5) is 18.0 Å². The second-order valence-electron chi connectivity index (χ2n) is 6.59. The second-order valence-corrected chi connectivity index (χ2v) is 7.03. The van der Waals surface area contributed by atoms with Gasteiger partial charge in [-0.2, -0.15) is 13.2 Å². The van der Waals surface area contributed by atoms with Gasteiger partial charge in [-0.3, -0.25) is 4.90 Å². The zero-order valence-electron chi connectivity index (χ0n) is 14.1. The first-order valence-electron chi connectivity index (χ1n) is 8.29. The lowest BCUT2D eigenvalue weighted by Gasteiger charge is -2.19. The molecular formula is C17H23ClF3N3O. The summed E-state index contributed by atoms with van der Waals surface area (Å²) in [6.45, 7) is 2.16. The fourth-order valence-corrected chi connectivity index (χ4v) is 3.27. The number of halogens is 4. The SMILES string of the molecule is C[C@@H](Cc1cccc(Cl)c1)NC(=O)NC[C@@H]1CCN(CC(F)(F)F)C1. The molecule has 2 N–H and O–H groups in total. The molecule has 4 nitrogen and oxygen atoms in total. The van der Waals surface area contributed by atoms with Crippen molar-refractivity contribution >= 4 is 17.6 Å². The van der Waals surface area contributed by atoms with Crippen LogP contribution in [0.1, 0.15) is 18.9 Å². The highest BCUT2D eigenvalue weighted by atomic mass is 35.5. The number of carbonyl (C=O) groups is 1. The topological polar surface area (TPSA) is 44.4 Å². The third-order valence-electron chi connectivity index (χ3n) is 4.13. The van der Waals surface area contributed by atoms with E-state index < -0.39 is 12.7 Å². The molecule has 25 heavy (non-hydrogen) atoms. The molecule has 1 saturated heterocycles. The van der Waals surface area contributed by atoms with Gasteiger partial charge in [0.25, 0.3) is 0 Å². The predicted molar refractivity (Wildman–Crippen MR) is 91.8 cm³/mol. The zero-order valence-corrected chi connectivity index (χ0v) is 14.8. The van der Waals surface area contributed by atoms with Crippen LogP contribution in [0.25, 0.3) is 0 Å². The summed E-state index contributed by atoms with van der Waals surface area (Å²) in [5.74, 6) is 0.0522. The molecule has 0 bridgehead atoms. The highest BCUT2D eigenvalue weighted by Crippen LogP contribution is 2.22. The summed E-state index contributed by atoms with van der Waals surface area (Å²) in [5, 5.41) is 6.24. The number of amides is 2. The lowest BCUT2D eigenvalue weighted by atomic mass is 10.1. The molecule has 0 aromatic heterocycles. The Kier molecular flexibility index (Phi) is 6.95. The van der Waals surface area contributed by atoms with Crippen LogP contribution in [0.5, 0.6) is 0 Å². The van der Waals surface area contributed by atoms with Crippen LogP contribution in [0.3, 0.4) is 0 Å². The van der Waals surface area contributed by atoms with Crippen LogP contribution in [0, 0.1) is 5.92 Å². The molecule has 140 valence electrons. The molecule has 0 radical (unpaired) electrons. The van der Waals surface area contributed by atoms with E-state index in [1.807, 2.05) is 25.1 Å². The third kappa shape index (κ3) is 7.52. The van der Waals surface area contributed by atoms with E-state index in [9.17, 15) is 18.0 Å². The maximum atomic E-state index is 12.4. The van der Waals surface area contributed by atoms with Crippen LogP contribution >= 0.6 is 11.6 Å². The van der Waals surface area contributed by atoms with Crippen LogP contribution in [0.15, 0.2) is 24.3 Å². The molecule has 2 amide bonds. The lowest BCUT2D eigenvalue weighted by Crippen LogP contribution is -2.43. The van der Waals surface area contributed by atoms with Crippen molar-refractivity contribution in [2.24, 2.45) is 5.92 Å². The fourth-order valence-electron chi connectivity index (χ4n) is 3.06. The number of likely N-dealkylation sites (tertiary alicyclic amines) is 1. The number of rotatable bonds is 6. The maximum absolute atomic E-state index is 12.4. The number of carbonyl (C=O) groups excluding carboxylic acids is 1. The molecule has 1 heterocycles. The van der Waals surface area contributed by atoms with Gasteiger partial charge in [-0.15, -0.1) is 0 Å². The van der Waals surface area contributed by atoms with E-state index in [2.05, 4.69) is 10.6 Å². The molecular weight excluding hydrogens is 355 g/mol. The van der Waals surface area contributed by atoms with Gasteiger partial charge in [-0.1, -0.05) is 23.7 Å². The number of urea groups is 1. The lowest BCUT2D eigenvalue weighted by molar-refractivity contribution is -0.143. The summed E-state index contributed by atoms with van der Waals surface area (Å²) in [4.78, 5) is 13.3. The van der Waals surface area contributed by atoms with Crippen molar-refractivity contribution in [1.29, 1.82) is 0 Å². The van der Waals surface area contributed by atoms with Gasteiger partial charge in [0.05, 0.1) is 6.54 Å². The van der Waals surface area contributed by atoms with Gasteiger partial charge in [-0.25, -0.2) is 4.79 Å². The van der Waals surface area contributed by atoms with Crippen LogP contribution < -0.4 is 10.6 Å². The number of benzene rings is 1. The van der Waals surface area contributed by atoms with Crippen molar-refractivity contribution < 1.29 is 18.0 Å². The van der Waals surface area contributed by atoms with E-state index in [4.69, 9.17) is 11.6 Å². The summed E-state index contributed by atoms with van der Waals surface area (Å²) in [5.41, 5.74) is 1.03. The quantitative estimate of drug-likeness (QED) is 0.797. The molecule has 2 rings (SSSR count). The Labute approximate surface area is 150 Å². The minimum atomic E-state index is -4.17. The van der Waals surface area contributed by atoms with Gasteiger partial charge in [0.2, 0.25) is 0 Å². The summed E-state index contributed by atoms with van der Waals surface area (Å²) in [6, 6.07) is 7.06. The summed E-state index contributed by atoms with van der Waals surface area (Å²) >= 11 is 5.93. The van der Waals surface area contributed by atoms with Crippen molar-refractivity contribution in [2.45, 2.75) is 32.0 Å². The number of nitrogens with one attached hydrogen (secondary N) is 2. The van der Waals surface area contributed by atoms with Crippen molar-refractivity contribution in [1.82, 2.24) is 15.5 Å². The molecule has 1 fully saturated rings. The standard InChI is InChI=1S/C17H23ClF3N3O/c1-12(7-13-3-2-4-15(18)8-13)23-16(25)22-9-14-5-6-24(10-14)11-17(19,20)21/h2-4,8,12,14H,5-7,9-11H2,1H3,(H2,22,23,25)/t12-,14-/m0/s1. The Hall–Kier alpha value is -1.47. The zero-order chi connectivity index (χ0) is 18.4. The average Bonchev–Trinajstić information content (AvgIpc) is 2.90. The molecule has 0 spiro atoms. The first-order chi connectivity index (χ1) is 11.7. The molecule has 1 aliphatic heterocycles. The number of nitrogens with zero attached hydrogens (tertiary/aromatic N) is 1. The Morgan fingerprint density at radius 3 is 2.88 bits per heavy atom. The van der Waals surface area contributed by atoms with Crippen molar-refractivity contribution in [2.75, 3.05) is 26.2 Å². The molecule has 0 aliphatic carbocycles. The molecule has 0 unspecified atom stereocenters. The first kappa shape index (κ1) is 19.8. The van der Waals surface area contributed by atoms with Crippen molar-refractivity contribution in [3.05, 3.63) is 34.9 Å². The summed E-state index contributed by atoms with van der Waals surface area (Å²) < 4.78 is 37.1. The monoisotopic (exact) mass is 377 g/mol. The fraction of sp³-hybridized carbons (Fsp3) is 0.588. The van der Waals surface area contributed by atoms with E-state index in [0.29, 0.717) is 37.5 Å². The smallest absolute Gasteiger partial charge is 0.338 e. The van der Waals surface area contributed by atoms with E-state index in [1.54, 1.807) is 6.07 Å². The highest BCUT2D eigenvalue weighted by molar-refractivity contribution is 6.30. The Balaban J connectivity index is 1.67. The maximum Gasteiger partial charge on any atom is 0.401 e. The van der Waals surface area contributed by atoms with Gasteiger partial charge in [0.15, 0.2) is 0 Å². The van der Waals surface area contributed by atoms with Crippen molar-refractivity contribution in [3.8, 4) is 0 Å². The highest BCUT2D eigenvalue weighted by Gasteiger charge is 2.34. The predicted octanol–water partition coefficient (Wildman–Crippen LogP) is 3.45. The molecule has 2 atom stereocenters. The van der Waals surface area contributed by atoms with Gasteiger partial charge in [0, 0.05) is 24.2 Å². The van der Waals surface area contributed by atoms with Crippen molar-refractivity contribution in [3.63, 3.8) is 0 Å². The number of alkyl halides is 3. The van der Waals surface area contributed by atoms with Crippen LogP contribution in [-0.4, -0.2) is 49.3 Å². The van der Waals surface area contributed by atoms with Gasteiger partial charge in [0.1, 0.15) is 0 Å². The Bertz CT molecular complexity index is 583. The summed E-state index contributed by atoms with van der Waals surface area (Å²) in [6.07, 6.45) is -2.86. The largest absolute Gasteiger partial charge is 0.401 e. The van der Waals surface area contributed by atoms with Gasteiger partial charge < -0.3 is 10.6 Å². The minimum absolute atomic E-state index is 0.0522. The molecule has 8 heteroatoms. The van der Waals surface area contributed by atoms with Crippen LogP contribution in [0.2, 0.25) is 5.02 Å². The second kappa shape index (κ2) is 8.76. The van der Waals surface area contributed by atoms with Crippen LogP contribution in [-0.2, 0) is 6.42 Å². The number of hydrogen-bond donors (Lipinski definition) is 2. The molecule has 1 aromatic carbocycles. The van der Waals surface area contributed by atoms with E-state index >= 15 is 0 Å². The molecule has 0 saturated carbocycles. The van der Waals surface area contributed by atoms with Gasteiger partial charge in [-0.05, 0) is 49.9 Å². The normalized spacial score (nSPS) is 19.6.